The molecule has 0 unspecified atom stereocenters. The fourth-order valence-corrected chi connectivity index (χ4v) is 2.98. The number of hydrogen-bond acceptors (Lipinski definition) is 3. The smallest absolute Gasteiger partial charge is 0.320 e. The first-order chi connectivity index (χ1) is 11.1. The van der Waals surface area contributed by atoms with Crippen LogP contribution in [0.1, 0.15) is 39.0 Å². The number of amides is 3. The van der Waals surface area contributed by atoms with Crippen molar-refractivity contribution in [2.45, 2.75) is 44.6 Å². The summed E-state index contributed by atoms with van der Waals surface area (Å²) in [6, 6.07) is 6.79. The van der Waals surface area contributed by atoms with E-state index in [1.54, 1.807) is 31.3 Å². The number of carbonyl (C=O) groups is 2. The first-order valence-corrected chi connectivity index (χ1v) is 8.14. The molecular weight excluding hydrogens is 294 g/mol. The molecule has 0 heterocycles. The van der Waals surface area contributed by atoms with Crippen LogP contribution >= 0.6 is 0 Å². The van der Waals surface area contributed by atoms with E-state index in [0.717, 1.165) is 25.0 Å². The first-order valence-electron chi connectivity index (χ1n) is 8.14. The highest BCUT2D eigenvalue weighted by Gasteiger charge is 2.40. The van der Waals surface area contributed by atoms with Crippen molar-refractivity contribution in [3.8, 4) is 5.75 Å². The van der Waals surface area contributed by atoms with E-state index in [-0.39, 0.29) is 11.9 Å². The molecule has 3 amide bonds. The van der Waals surface area contributed by atoms with Gasteiger partial charge in [-0.25, -0.2) is 4.79 Å². The summed E-state index contributed by atoms with van der Waals surface area (Å²) in [7, 11) is 1.60. The summed E-state index contributed by atoms with van der Waals surface area (Å²) in [5.74, 6) is 0.631. The number of anilines is 1. The van der Waals surface area contributed by atoms with E-state index in [0.29, 0.717) is 25.1 Å². The number of carbonyl (C=O) groups excluding carboxylic acids is 2. The van der Waals surface area contributed by atoms with Crippen LogP contribution in [0.2, 0.25) is 0 Å². The Balaban J connectivity index is 2.00. The molecule has 0 bridgehead atoms. The normalized spacial score (nSPS) is 16.3. The fraction of sp³-hybridized carbons (Fsp3) is 0.529. The largest absolute Gasteiger partial charge is 0.494 e. The molecule has 1 aromatic rings. The number of benzene rings is 1. The average Bonchev–Trinajstić information content (AvgIpc) is 2.57. The van der Waals surface area contributed by atoms with Crippen molar-refractivity contribution in [3.63, 3.8) is 0 Å². The molecule has 0 saturated heterocycles. The summed E-state index contributed by atoms with van der Waals surface area (Å²) in [5, 5.41) is 8.32. The minimum absolute atomic E-state index is 0.126. The van der Waals surface area contributed by atoms with Gasteiger partial charge in [0.25, 0.3) is 0 Å². The molecule has 0 atom stereocenters. The predicted molar refractivity (Wildman–Crippen MR) is 89.6 cm³/mol. The van der Waals surface area contributed by atoms with Gasteiger partial charge in [0.2, 0.25) is 5.91 Å². The van der Waals surface area contributed by atoms with E-state index in [1.165, 1.54) is 0 Å². The van der Waals surface area contributed by atoms with Gasteiger partial charge in [0.05, 0.1) is 6.61 Å². The highest BCUT2D eigenvalue weighted by molar-refractivity contribution is 5.96. The van der Waals surface area contributed by atoms with Crippen molar-refractivity contribution < 1.29 is 14.3 Å². The first kappa shape index (κ1) is 17.1. The number of hydrogen-bond donors (Lipinski definition) is 3. The monoisotopic (exact) mass is 319 g/mol. The van der Waals surface area contributed by atoms with Crippen LogP contribution in [0.4, 0.5) is 10.5 Å². The molecular formula is C17H25N3O3. The lowest BCUT2D eigenvalue weighted by Crippen LogP contribution is -2.60. The third-order valence-electron chi connectivity index (χ3n) is 4.14. The molecule has 1 aliphatic carbocycles. The molecule has 6 heteroatoms. The minimum atomic E-state index is -0.803. The third kappa shape index (κ3) is 4.37. The van der Waals surface area contributed by atoms with Gasteiger partial charge in [0, 0.05) is 12.7 Å². The SMILES string of the molecule is CCOc1ccc(NC(=O)NC2(C(=O)NC)CCCCC2)cc1. The maximum Gasteiger partial charge on any atom is 0.320 e. The van der Waals surface area contributed by atoms with Crippen LogP contribution in [0.15, 0.2) is 24.3 Å². The van der Waals surface area contributed by atoms with E-state index >= 15 is 0 Å². The summed E-state index contributed by atoms with van der Waals surface area (Å²) >= 11 is 0. The molecule has 0 aliphatic heterocycles. The Hall–Kier alpha value is -2.24. The molecule has 0 spiro atoms. The summed E-state index contributed by atoms with van der Waals surface area (Å²) < 4.78 is 5.37. The van der Waals surface area contributed by atoms with E-state index in [2.05, 4.69) is 16.0 Å². The van der Waals surface area contributed by atoms with Crippen molar-refractivity contribution in [1.29, 1.82) is 0 Å². The zero-order valence-electron chi connectivity index (χ0n) is 13.8. The van der Waals surface area contributed by atoms with Crippen molar-refractivity contribution in [2.24, 2.45) is 0 Å². The van der Waals surface area contributed by atoms with Gasteiger partial charge >= 0.3 is 6.03 Å². The zero-order valence-corrected chi connectivity index (χ0v) is 13.8. The Morgan fingerprint density at radius 1 is 1.13 bits per heavy atom. The van der Waals surface area contributed by atoms with Crippen molar-refractivity contribution in [2.75, 3.05) is 19.0 Å². The van der Waals surface area contributed by atoms with Crippen LogP contribution in [-0.2, 0) is 4.79 Å². The van der Waals surface area contributed by atoms with Crippen molar-refractivity contribution in [1.82, 2.24) is 10.6 Å². The highest BCUT2D eigenvalue weighted by atomic mass is 16.5. The molecule has 1 fully saturated rings. The highest BCUT2D eigenvalue weighted by Crippen LogP contribution is 2.28. The molecule has 0 radical (unpaired) electrons. The second-order valence-electron chi connectivity index (χ2n) is 5.76. The fourth-order valence-electron chi connectivity index (χ4n) is 2.98. The summed E-state index contributed by atoms with van der Waals surface area (Å²) in [4.78, 5) is 24.5. The Labute approximate surface area is 137 Å². The molecule has 23 heavy (non-hydrogen) atoms. The summed E-state index contributed by atoms with van der Waals surface area (Å²) in [5.41, 5.74) is -0.142. The van der Waals surface area contributed by atoms with Gasteiger partial charge in [0.15, 0.2) is 0 Å². The lowest BCUT2D eigenvalue weighted by molar-refractivity contribution is -0.128. The van der Waals surface area contributed by atoms with Crippen molar-refractivity contribution >= 4 is 17.6 Å². The standard InChI is InChI=1S/C17H25N3O3/c1-3-23-14-9-7-13(8-10-14)19-16(22)20-17(15(21)18-2)11-5-4-6-12-17/h7-10H,3-6,11-12H2,1-2H3,(H,18,21)(H2,19,20,22). The molecule has 2 rings (SSSR count). The molecule has 0 aromatic heterocycles. The molecule has 6 nitrogen and oxygen atoms in total. The second kappa shape index (κ2) is 7.85. The second-order valence-corrected chi connectivity index (χ2v) is 5.76. The van der Waals surface area contributed by atoms with Gasteiger partial charge in [-0.15, -0.1) is 0 Å². The van der Waals surface area contributed by atoms with Gasteiger partial charge in [-0.2, -0.15) is 0 Å². The van der Waals surface area contributed by atoms with Crippen LogP contribution in [-0.4, -0.2) is 31.1 Å². The van der Waals surface area contributed by atoms with Gasteiger partial charge < -0.3 is 20.7 Å². The third-order valence-corrected chi connectivity index (χ3v) is 4.14. The number of urea groups is 1. The minimum Gasteiger partial charge on any atom is -0.494 e. The Bertz CT molecular complexity index is 537. The lowest BCUT2D eigenvalue weighted by atomic mass is 9.81. The Morgan fingerprint density at radius 2 is 1.78 bits per heavy atom. The quantitative estimate of drug-likeness (QED) is 0.780. The molecule has 1 aromatic carbocycles. The van der Waals surface area contributed by atoms with E-state index < -0.39 is 5.54 Å². The number of ether oxygens (including phenoxy) is 1. The Kier molecular flexibility index (Phi) is 5.84. The van der Waals surface area contributed by atoms with Gasteiger partial charge in [-0.05, 0) is 44.0 Å². The Morgan fingerprint density at radius 3 is 2.35 bits per heavy atom. The molecule has 126 valence electrons. The van der Waals surface area contributed by atoms with Crippen LogP contribution in [0.3, 0.4) is 0 Å². The number of likely N-dealkylation sites (N-methyl/N-ethyl adjacent to an activating group) is 1. The van der Waals surface area contributed by atoms with Gasteiger partial charge in [-0.3, -0.25) is 4.79 Å². The molecule has 1 saturated carbocycles. The number of rotatable bonds is 5. The topological polar surface area (TPSA) is 79.5 Å². The number of nitrogens with one attached hydrogen (secondary N) is 3. The maximum atomic E-state index is 12.3. The van der Waals surface area contributed by atoms with Gasteiger partial charge in [0.1, 0.15) is 11.3 Å². The molecule has 3 N–H and O–H groups in total. The molecule has 1 aliphatic rings. The predicted octanol–water partition coefficient (Wildman–Crippen LogP) is 2.66. The van der Waals surface area contributed by atoms with Crippen LogP contribution in [0.25, 0.3) is 0 Å². The van der Waals surface area contributed by atoms with E-state index in [4.69, 9.17) is 4.74 Å². The lowest BCUT2D eigenvalue weighted by Gasteiger charge is -2.36. The maximum absolute atomic E-state index is 12.3. The van der Waals surface area contributed by atoms with Crippen molar-refractivity contribution in [3.05, 3.63) is 24.3 Å². The average molecular weight is 319 g/mol. The van der Waals surface area contributed by atoms with E-state index in [1.807, 2.05) is 6.92 Å². The van der Waals surface area contributed by atoms with Gasteiger partial charge in [-0.1, -0.05) is 19.3 Å². The zero-order chi connectivity index (χ0) is 16.7. The van der Waals surface area contributed by atoms with Crippen LogP contribution in [0, 0.1) is 0 Å². The summed E-state index contributed by atoms with van der Waals surface area (Å²) in [6.45, 7) is 2.52. The van der Waals surface area contributed by atoms with Crippen LogP contribution < -0.4 is 20.7 Å². The summed E-state index contributed by atoms with van der Waals surface area (Å²) in [6.07, 6.45) is 4.32. The van der Waals surface area contributed by atoms with E-state index in [9.17, 15) is 9.59 Å². The van der Waals surface area contributed by atoms with Crippen LogP contribution in [0.5, 0.6) is 5.75 Å².